The zero-order chi connectivity index (χ0) is 14.1. The largest absolute Gasteiger partial charge is 0.347 e. The van der Waals surface area contributed by atoms with Gasteiger partial charge in [0, 0.05) is 25.1 Å². The molecule has 0 unspecified atom stereocenters. The van der Waals surface area contributed by atoms with Gasteiger partial charge in [-0.15, -0.1) is 10.2 Å². The van der Waals surface area contributed by atoms with Gasteiger partial charge in [0.15, 0.2) is 5.82 Å². The van der Waals surface area contributed by atoms with Crippen molar-refractivity contribution in [1.29, 1.82) is 0 Å². The van der Waals surface area contributed by atoms with Crippen LogP contribution in [0.15, 0.2) is 12.4 Å². The van der Waals surface area contributed by atoms with Crippen LogP contribution in [-0.4, -0.2) is 31.3 Å². The summed E-state index contributed by atoms with van der Waals surface area (Å²) in [5.41, 5.74) is 2.60. The highest BCUT2D eigenvalue weighted by atomic mass is 15.3. The van der Waals surface area contributed by atoms with Gasteiger partial charge in [0.05, 0.1) is 6.54 Å². The number of hydrogen-bond donors (Lipinski definition) is 2. The molecular formula is C12H18N8. The first-order chi connectivity index (χ1) is 9.67. The Bertz CT molecular complexity index is 605. The average Bonchev–Trinajstić information content (AvgIpc) is 2.94. The number of nitrogens with one attached hydrogen (secondary N) is 1. The number of nitrogens with zero attached hydrogens (tertiary/aromatic N) is 6. The standard InChI is InChI=1S/C12H18N8/c1-8(2)12-15-9(17-13)5-10(16-12)19-3-4-20-7-14-18-11(20)6-19/h5,7-8H,3-4,6,13H2,1-2H3,(H,15,16,17). The molecular weight excluding hydrogens is 256 g/mol. The lowest BCUT2D eigenvalue weighted by Gasteiger charge is -2.28. The SMILES string of the molecule is CC(C)c1nc(NN)cc(N2CCn3cnnc3C2)n1. The molecule has 0 aromatic carbocycles. The Hall–Kier alpha value is -2.22. The van der Waals surface area contributed by atoms with Crippen molar-refractivity contribution < 1.29 is 0 Å². The number of nitrogen functional groups attached to an aromatic ring is 1. The molecule has 8 heteroatoms. The van der Waals surface area contributed by atoms with Crippen LogP contribution in [0.2, 0.25) is 0 Å². The topological polar surface area (TPSA) is 97.8 Å². The second-order valence-electron chi connectivity index (χ2n) is 5.13. The molecule has 2 aromatic heterocycles. The summed E-state index contributed by atoms with van der Waals surface area (Å²) in [7, 11) is 0. The minimum atomic E-state index is 0.246. The van der Waals surface area contributed by atoms with Gasteiger partial charge < -0.3 is 14.9 Å². The predicted molar refractivity (Wildman–Crippen MR) is 75.0 cm³/mol. The van der Waals surface area contributed by atoms with E-state index in [0.717, 1.165) is 30.6 Å². The van der Waals surface area contributed by atoms with Gasteiger partial charge in [0.25, 0.3) is 0 Å². The van der Waals surface area contributed by atoms with Gasteiger partial charge in [-0.25, -0.2) is 15.8 Å². The summed E-state index contributed by atoms with van der Waals surface area (Å²) < 4.78 is 2.06. The Morgan fingerprint density at radius 3 is 2.90 bits per heavy atom. The molecule has 3 heterocycles. The maximum absolute atomic E-state index is 5.49. The van der Waals surface area contributed by atoms with E-state index in [2.05, 4.69) is 48.9 Å². The van der Waals surface area contributed by atoms with Crippen LogP contribution in [0, 0.1) is 0 Å². The molecule has 1 aliphatic rings. The summed E-state index contributed by atoms with van der Waals surface area (Å²) in [6, 6.07) is 1.86. The van der Waals surface area contributed by atoms with E-state index in [1.54, 1.807) is 6.33 Å². The van der Waals surface area contributed by atoms with Crippen molar-refractivity contribution in [3.63, 3.8) is 0 Å². The maximum atomic E-state index is 5.49. The number of rotatable bonds is 3. The highest BCUT2D eigenvalue weighted by Crippen LogP contribution is 2.22. The third-order valence-corrected chi connectivity index (χ3v) is 3.36. The van der Waals surface area contributed by atoms with Crippen LogP contribution in [-0.2, 0) is 13.1 Å². The fraction of sp³-hybridized carbons (Fsp3) is 0.500. The van der Waals surface area contributed by atoms with Crippen LogP contribution < -0.4 is 16.2 Å². The molecule has 1 aliphatic heterocycles. The minimum Gasteiger partial charge on any atom is -0.347 e. The zero-order valence-corrected chi connectivity index (χ0v) is 11.6. The number of fused-ring (bicyclic) bond motifs is 1. The second kappa shape index (κ2) is 5.04. The van der Waals surface area contributed by atoms with E-state index in [9.17, 15) is 0 Å². The molecule has 0 amide bonds. The fourth-order valence-corrected chi connectivity index (χ4v) is 2.21. The van der Waals surface area contributed by atoms with Crippen molar-refractivity contribution in [2.24, 2.45) is 5.84 Å². The molecule has 20 heavy (non-hydrogen) atoms. The van der Waals surface area contributed by atoms with Crippen LogP contribution in [0.25, 0.3) is 0 Å². The Balaban J connectivity index is 1.92. The minimum absolute atomic E-state index is 0.246. The monoisotopic (exact) mass is 274 g/mol. The third kappa shape index (κ3) is 2.29. The van der Waals surface area contributed by atoms with E-state index < -0.39 is 0 Å². The van der Waals surface area contributed by atoms with Gasteiger partial charge in [0.2, 0.25) is 0 Å². The highest BCUT2D eigenvalue weighted by molar-refractivity contribution is 5.49. The molecule has 3 N–H and O–H groups in total. The van der Waals surface area contributed by atoms with Crippen molar-refractivity contribution in [2.75, 3.05) is 16.9 Å². The van der Waals surface area contributed by atoms with Crippen LogP contribution in [0.4, 0.5) is 11.6 Å². The fourth-order valence-electron chi connectivity index (χ4n) is 2.21. The van der Waals surface area contributed by atoms with Gasteiger partial charge in [-0.05, 0) is 0 Å². The quantitative estimate of drug-likeness (QED) is 0.621. The summed E-state index contributed by atoms with van der Waals surface area (Å²) in [4.78, 5) is 11.2. The molecule has 106 valence electrons. The number of hydrogen-bond acceptors (Lipinski definition) is 7. The first kappa shape index (κ1) is 12.8. The molecule has 0 radical (unpaired) electrons. The molecule has 3 rings (SSSR count). The molecule has 0 saturated carbocycles. The summed E-state index contributed by atoms with van der Waals surface area (Å²) in [5, 5.41) is 8.05. The highest BCUT2D eigenvalue weighted by Gasteiger charge is 2.20. The van der Waals surface area contributed by atoms with Gasteiger partial charge in [0.1, 0.15) is 23.8 Å². The van der Waals surface area contributed by atoms with Crippen LogP contribution in [0.5, 0.6) is 0 Å². The second-order valence-corrected chi connectivity index (χ2v) is 5.13. The summed E-state index contributed by atoms with van der Waals surface area (Å²) in [6.07, 6.45) is 1.76. The number of anilines is 2. The summed E-state index contributed by atoms with van der Waals surface area (Å²) in [5.74, 6) is 8.96. The van der Waals surface area contributed by atoms with Gasteiger partial charge in [-0.1, -0.05) is 13.8 Å². The van der Waals surface area contributed by atoms with E-state index in [1.807, 2.05) is 6.07 Å². The lowest BCUT2D eigenvalue weighted by molar-refractivity contribution is 0.554. The van der Waals surface area contributed by atoms with E-state index in [4.69, 9.17) is 5.84 Å². The van der Waals surface area contributed by atoms with Crippen LogP contribution in [0.3, 0.4) is 0 Å². The Kier molecular flexibility index (Phi) is 3.23. The maximum Gasteiger partial charge on any atom is 0.152 e. The van der Waals surface area contributed by atoms with Crippen molar-refractivity contribution in [3.05, 3.63) is 24.0 Å². The average molecular weight is 274 g/mol. The molecule has 0 bridgehead atoms. The molecule has 0 spiro atoms. The Labute approximate surface area is 117 Å². The summed E-state index contributed by atoms with van der Waals surface area (Å²) >= 11 is 0. The smallest absolute Gasteiger partial charge is 0.152 e. The van der Waals surface area contributed by atoms with E-state index in [1.165, 1.54) is 0 Å². The van der Waals surface area contributed by atoms with Crippen LogP contribution >= 0.6 is 0 Å². The van der Waals surface area contributed by atoms with Crippen molar-refractivity contribution in [2.45, 2.75) is 32.9 Å². The van der Waals surface area contributed by atoms with Gasteiger partial charge in [-0.2, -0.15) is 0 Å². The third-order valence-electron chi connectivity index (χ3n) is 3.36. The molecule has 0 aliphatic carbocycles. The zero-order valence-electron chi connectivity index (χ0n) is 11.6. The number of nitrogens with two attached hydrogens (primary N) is 1. The lowest BCUT2D eigenvalue weighted by Crippen LogP contribution is -2.34. The Morgan fingerprint density at radius 1 is 1.30 bits per heavy atom. The van der Waals surface area contributed by atoms with E-state index in [0.29, 0.717) is 12.4 Å². The molecule has 0 atom stereocenters. The molecule has 0 fully saturated rings. The van der Waals surface area contributed by atoms with Crippen molar-refractivity contribution in [3.8, 4) is 0 Å². The summed E-state index contributed by atoms with van der Waals surface area (Å²) in [6.45, 7) is 6.54. The predicted octanol–water partition coefficient (Wildman–Crippen LogP) is 0.497. The molecule has 8 nitrogen and oxygen atoms in total. The van der Waals surface area contributed by atoms with Crippen LogP contribution in [0.1, 0.15) is 31.4 Å². The molecule has 2 aromatic rings. The normalized spacial score (nSPS) is 14.5. The first-order valence-corrected chi connectivity index (χ1v) is 6.64. The number of hydrazine groups is 1. The molecule has 0 saturated heterocycles. The van der Waals surface area contributed by atoms with E-state index in [-0.39, 0.29) is 5.92 Å². The Morgan fingerprint density at radius 2 is 2.15 bits per heavy atom. The van der Waals surface area contributed by atoms with Gasteiger partial charge >= 0.3 is 0 Å². The van der Waals surface area contributed by atoms with Crippen molar-refractivity contribution >= 4 is 11.6 Å². The number of aromatic nitrogens is 5. The first-order valence-electron chi connectivity index (χ1n) is 6.64. The lowest BCUT2D eigenvalue weighted by atomic mass is 10.2. The van der Waals surface area contributed by atoms with Crippen molar-refractivity contribution in [1.82, 2.24) is 24.7 Å². The van der Waals surface area contributed by atoms with E-state index >= 15 is 0 Å². The van der Waals surface area contributed by atoms with Gasteiger partial charge in [-0.3, -0.25) is 0 Å².